The molecule has 0 bridgehead atoms. The molecule has 0 aliphatic carbocycles. The number of halogens is 1. The van der Waals surface area contributed by atoms with Crippen molar-refractivity contribution in [2.45, 2.75) is 26.2 Å². The Morgan fingerprint density at radius 2 is 1.86 bits per heavy atom. The van der Waals surface area contributed by atoms with Gasteiger partial charge in [-0.05, 0) is 44.0 Å². The normalized spacial score (nSPS) is 10.6. The van der Waals surface area contributed by atoms with Crippen molar-refractivity contribution in [2.24, 2.45) is 0 Å². The van der Waals surface area contributed by atoms with E-state index < -0.39 is 0 Å². The van der Waals surface area contributed by atoms with Crippen LogP contribution in [0.25, 0.3) is 10.6 Å². The first-order valence-corrected chi connectivity index (χ1v) is 10.1. The second kappa shape index (κ2) is 9.99. The molecule has 1 aromatic heterocycles. The van der Waals surface area contributed by atoms with Crippen molar-refractivity contribution >= 4 is 17.2 Å². The predicted octanol–water partition coefficient (Wildman–Crippen LogP) is 4.78. The molecule has 0 atom stereocenters. The second-order valence-electron chi connectivity index (χ2n) is 6.55. The quantitative estimate of drug-likeness (QED) is 0.528. The van der Waals surface area contributed by atoms with Crippen LogP contribution in [0.4, 0.5) is 4.39 Å². The van der Waals surface area contributed by atoms with Crippen LogP contribution in [0.3, 0.4) is 0 Å². The number of carbonyl (C=O) groups excluding carboxylic acids is 1. The largest absolute Gasteiger partial charge is 0.494 e. The van der Waals surface area contributed by atoms with Crippen molar-refractivity contribution < 1.29 is 13.9 Å². The first-order chi connectivity index (χ1) is 13.6. The molecule has 146 valence electrons. The Morgan fingerprint density at radius 3 is 2.61 bits per heavy atom. The third-order valence-corrected chi connectivity index (χ3v) is 5.11. The summed E-state index contributed by atoms with van der Waals surface area (Å²) in [4.78, 5) is 16.6. The summed E-state index contributed by atoms with van der Waals surface area (Å²) in [6.07, 6.45) is 1.92. The Balaban J connectivity index is 1.33. The van der Waals surface area contributed by atoms with E-state index in [4.69, 9.17) is 4.74 Å². The molecule has 0 unspecified atom stereocenters. The number of ether oxygens (including phenoxy) is 1. The average molecular weight is 399 g/mol. The summed E-state index contributed by atoms with van der Waals surface area (Å²) in [5, 5.41) is 5.78. The molecule has 1 N–H and O–H groups in total. The zero-order valence-corrected chi connectivity index (χ0v) is 16.6. The van der Waals surface area contributed by atoms with E-state index >= 15 is 0 Å². The van der Waals surface area contributed by atoms with E-state index in [1.807, 2.05) is 17.5 Å². The zero-order chi connectivity index (χ0) is 19.8. The highest BCUT2D eigenvalue weighted by molar-refractivity contribution is 7.13. The lowest BCUT2D eigenvalue weighted by atomic mass is 10.2. The predicted molar refractivity (Wildman–Crippen MR) is 110 cm³/mol. The van der Waals surface area contributed by atoms with Crippen molar-refractivity contribution in [2.75, 3.05) is 13.2 Å². The summed E-state index contributed by atoms with van der Waals surface area (Å²) in [5.74, 6) is 0.347. The molecule has 2 aromatic carbocycles. The molecule has 0 saturated heterocycles. The maximum absolute atomic E-state index is 12.8. The molecule has 3 aromatic rings. The van der Waals surface area contributed by atoms with Gasteiger partial charge in [0, 0.05) is 17.5 Å². The van der Waals surface area contributed by atoms with Crippen LogP contribution < -0.4 is 10.1 Å². The van der Waals surface area contributed by atoms with Crippen LogP contribution in [-0.4, -0.2) is 24.0 Å². The van der Waals surface area contributed by atoms with Crippen LogP contribution in [0.5, 0.6) is 5.75 Å². The van der Waals surface area contributed by atoms with Crippen LogP contribution in [0, 0.1) is 12.7 Å². The summed E-state index contributed by atoms with van der Waals surface area (Å²) in [7, 11) is 0. The number of nitrogens with zero attached hydrogens (tertiary/aromatic N) is 1. The summed E-state index contributed by atoms with van der Waals surface area (Å²) < 4.78 is 18.3. The minimum Gasteiger partial charge on any atom is -0.494 e. The Morgan fingerprint density at radius 1 is 1.11 bits per heavy atom. The van der Waals surface area contributed by atoms with Crippen molar-refractivity contribution in [1.82, 2.24) is 10.3 Å². The van der Waals surface area contributed by atoms with Crippen molar-refractivity contribution in [3.8, 4) is 16.3 Å². The number of carbonyl (C=O) groups is 1. The molecule has 0 fully saturated rings. The number of hydrogen-bond donors (Lipinski definition) is 1. The number of unbranched alkanes of at least 4 members (excludes halogenated alkanes) is 1. The highest BCUT2D eigenvalue weighted by Crippen LogP contribution is 2.24. The van der Waals surface area contributed by atoms with Crippen LogP contribution >= 0.6 is 11.3 Å². The van der Waals surface area contributed by atoms with Gasteiger partial charge in [0.2, 0.25) is 5.91 Å². The average Bonchev–Trinajstić information content (AvgIpc) is 3.15. The van der Waals surface area contributed by atoms with Crippen LogP contribution in [0.15, 0.2) is 53.9 Å². The van der Waals surface area contributed by atoms with Gasteiger partial charge in [-0.25, -0.2) is 9.37 Å². The molecule has 1 heterocycles. The number of nitrogens with one attached hydrogen (secondary N) is 1. The van der Waals surface area contributed by atoms with E-state index in [-0.39, 0.29) is 18.1 Å². The Labute approximate surface area is 168 Å². The molecule has 3 rings (SSSR count). The lowest BCUT2D eigenvalue weighted by Crippen LogP contribution is -2.26. The summed E-state index contributed by atoms with van der Waals surface area (Å²) in [5.41, 5.74) is 3.07. The number of thiazole rings is 1. The number of benzene rings is 2. The molecule has 0 radical (unpaired) electrons. The highest BCUT2D eigenvalue weighted by atomic mass is 32.1. The van der Waals surface area contributed by atoms with Gasteiger partial charge in [-0.1, -0.05) is 29.8 Å². The lowest BCUT2D eigenvalue weighted by Gasteiger charge is -2.07. The molecular formula is C22H23FN2O2S. The van der Waals surface area contributed by atoms with Crippen LogP contribution in [-0.2, 0) is 11.2 Å². The van der Waals surface area contributed by atoms with E-state index in [2.05, 4.69) is 29.4 Å². The van der Waals surface area contributed by atoms with Crippen molar-refractivity contribution in [3.63, 3.8) is 0 Å². The molecule has 28 heavy (non-hydrogen) atoms. The van der Waals surface area contributed by atoms with Crippen LogP contribution in [0.2, 0.25) is 0 Å². The molecule has 6 heteroatoms. The smallest absolute Gasteiger partial charge is 0.226 e. The van der Waals surface area contributed by atoms with E-state index in [0.29, 0.717) is 18.9 Å². The maximum atomic E-state index is 12.8. The summed E-state index contributed by atoms with van der Waals surface area (Å²) in [6, 6.07) is 14.2. The minimum atomic E-state index is -0.277. The number of aryl methyl sites for hydroxylation is 1. The van der Waals surface area contributed by atoms with E-state index in [1.54, 1.807) is 23.5 Å². The van der Waals surface area contributed by atoms with E-state index in [0.717, 1.165) is 29.1 Å². The fourth-order valence-electron chi connectivity index (χ4n) is 2.62. The van der Waals surface area contributed by atoms with E-state index in [9.17, 15) is 9.18 Å². The fraction of sp³-hybridized carbons (Fsp3) is 0.273. The summed E-state index contributed by atoms with van der Waals surface area (Å²) >= 11 is 1.55. The first kappa shape index (κ1) is 20.0. The van der Waals surface area contributed by atoms with Gasteiger partial charge < -0.3 is 10.1 Å². The molecule has 0 spiro atoms. The van der Waals surface area contributed by atoms with Crippen molar-refractivity contribution in [1.29, 1.82) is 0 Å². The first-order valence-electron chi connectivity index (χ1n) is 9.27. The molecule has 1 amide bonds. The van der Waals surface area contributed by atoms with Crippen LogP contribution in [0.1, 0.15) is 24.1 Å². The molecule has 0 aliphatic rings. The topological polar surface area (TPSA) is 51.2 Å². The minimum absolute atomic E-state index is 0.0276. The van der Waals surface area contributed by atoms with Gasteiger partial charge in [-0.3, -0.25) is 4.79 Å². The SMILES string of the molecule is Cc1ccc(-c2nc(CC(=O)NCCCCOc3ccc(F)cc3)cs2)cc1. The van der Waals surface area contributed by atoms with E-state index in [1.165, 1.54) is 17.7 Å². The van der Waals surface area contributed by atoms with Gasteiger partial charge in [0.15, 0.2) is 0 Å². The number of amides is 1. The maximum Gasteiger partial charge on any atom is 0.226 e. The number of hydrogen-bond acceptors (Lipinski definition) is 4. The number of aromatic nitrogens is 1. The standard InChI is InChI=1S/C22H23FN2O2S/c1-16-4-6-17(7-5-16)22-25-19(15-28-22)14-21(26)24-12-2-3-13-27-20-10-8-18(23)9-11-20/h4-11,15H,2-3,12-14H2,1H3,(H,24,26). The fourth-order valence-corrected chi connectivity index (χ4v) is 3.45. The van der Waals surface area contributed by atoms with Gasteiger partial charge in [0.25, 0.3) is 0 Å². The highest BCUT2D eigenvalue weighted by Gasteiger charge is 2.08. The van der Waals surface area contributed by atoms with Gasteiger partial charge in [-0.15, -0.1) is 11.3 Å². The molecular weight excluding hydrogens is 375 g/mol. The summed E-state index contributed by atoms with van der Waals surface area (Å²) in [6.45, 7) is 3.18. The molecule has 0 saturated carbocycles. The second-order valence-corrected chi connectivity index (χ2v) is 7.40. The Bertz CT molecular complexity index is 892. The third kappa shape index (κ3) is 6.16. The molecule has 0 aliphatic heterocycles. The lowest BCUT2D eigenvalue weighted by molar-refractivity contribution is -0.120. The Kier molecular flexibility index (Phi) is 7.14. The zero-order valence-electron chi connectivity index (χ0n) is 15.8. The van der Waals surface area contributed by atoms with Gasteiger partial charge in [0.05, 0.1) is 18.7 Å². The Hall–Kier alpha value is -2.73. The van der Waals surface area contributed by atoms with Gasteiger partial charge in [0.1, 0.15) is 16.6 Å². The third-order valence-electron chi connectivity index (χ3n) is 4.17. The molecule has 4 nitrogen and oxygen atoms in total. The van der Waals surface area contributed by atoms with Gasteiger partial charge in [-0.2, -0.15) is 0 Å². The number of rotatable bonds is 9. The van der Waals surface area contributed by atoms with Gasteiger partial charge >= 0.3 is 0 Å². The monoisotopic (exact) mass is 398 g/mol. The van der Waals surface area contributed by atoms with Crippen molar-refractivity contribution in [3.05, 3.63) is 71.0 Å².